The van der Waals surface area contributed by atoms with Gasteiger partial charge in [0.25, 0.3) is 11.1 Å². The van der Waals surface area contributed by atoms with Crippen LogP contribution in [0.3, 0.4) is 0 Å². The first-order valence-corrected chi connectivity index (χ1v) is 11.5. The number of carbonyl (C=O) groups excluding carboxylic acids is 2. The lowest BCUT2D eigenvalue weighted by atomic mass is 10.1. The smallest absolute Gasteiger partial charge is 0.293 e. The third kappa shape index (κ3) is 5.39. The second-order valence-corrected chi connectivity index (χ2v) is 8.80. The summed E-state index contributed by atoms with van der Waals surface area (Å²) in [5, 5.41) is 0.433. The van der Waals surface area contributed by atoms with E-state index in [9.17, 15) is 9.59 Å². The van der Waals surface area contributed by atoms with Crippen LogP contribution >= 0.6 is 39.3 Å². The molecule has 1 aliphatic rings. The lowest BCUT2D eigenvalue weighted by Crippen LogP contribution is -2.28. The number of hydrogen-bond acceptors (Lipinski definition) is 5. The van der Waals surface area contributed by atoms with E-state index in [-0.39, 0.29) is 11.1 Å². The molecule has 1 saturated heterocycles. The van der Waals surface area contributed by atoms with Crippen LogP contribution in [0.4, 0.5) is 4.79 Å². The summed E-state index contributed by atoms with van der Waals surface area (Å²) in [6, 6.07) is 11.1. The number of benzene rings is 2. The molecule has 1 fully saturated rings. The lowest BCUT2D eigenvalue weighted by Gasteiger charge is -2.15. The van der Waals surface area contributed by atoms with Gasteiger partial charge in [-0.05, 0) is 82.5 Å². The Labute approximate surface area is 193 Å². The number of ether oxygens (including phenoxy) is 2. The summed E-state index contributed by atoms with van der Waals surface area (Å²) >= 11 is 10.4. The predicted molar refractivity (Wildman–Crippen MR) is 124 cm³/mol. The number of halogens is 2. The Kier molecular flexibility index (Phi) is 7.86. The zero-order chi connectivity index (χ0) is 21.7. The predicted octanol–water partition coefficient (Wildman–Crippen LogP) is 6.53. The van der Waals surface area contributed by atoms with E-state index in [1.165, 1.54) is 4.90 Å². The van der Waals surface area contributed by atoms with E-state index in [2.05, 4.69) is 15.9 Å². The number of amides is 2. The third-order valence-corrected chi connectivity index (χ3v) is 6.00. The third-order valence-electron chi connectivity index (χ3n) is 4.25. The minimum absolute atomic E-state index is 0.236. The first-order valence-electron chi connectivity index (χ1n) is 9.51. The average Bonchev–Trinajstić information content (AvgIpc) is 2.97. The standard InChI is InChI=1S/C22H21BrClNO4S/c1-3-9-25-21(26)19(30-22(25)27)12-15-10-17(23)20(18(11-15)28-4-2)29-13-14-5-7-16(24)8-6-14/h5-8,10-12H,3-4,9,13H2,1-2H3/b19-12+. The van der Waals surface area contributed by atoms with E-state index in [4.69, 9.17) is 21.1 Å². The summed E-state index contributed by atoms with van der Waals surface area (Å²) in [4.78, 5) is 26.2. The van der Waals surface area contributed by atoms with Gasteiger partial charge in [0, 0.05) is 11.6 Å². The number of hydrogen-bond donors (Lipinski definition) is 0. The van der Waals surface area contributed by atoms with Gasteiger partial charge in [0.2, 0.25) is 0 Å². The molecule has 0 N–H and O–H groups in total. The molecule has 0 aliphatic carbocycles. The molecular formula is C22H21BrClNO4S. The molecule has 1 aliphatic heterocycles. The molecule has 0 unspecified atom stereocenters. The molecule has 5 nitrogen and oxygen atoms in total. The molecule has 1 heterocycles. The first-order chi connectivity index (χ1) is 14.4. The Bertz CT molecular complexity index is 978. The molecule has 8 heteroatoms. The maximum atomic E-state index is 12.5. The van der Waals surface area contributed by atoms with Crippen LogP contribution in [0, 0.1) is 0 Å². The zero-order valence-corrected chi connectivity index (χ0v) is 19.8. The van der Waals surface area contributed by atoms with Gasteiger partial charge in [-0.1, -0.05) is 30.7 Å². The van der Waals surface area contributed by atoms with E-state index in [0.29, 0.717) is 45.7 Å². The van der Waals surface area contributed by atoms with E-state index in [1.54, 1.807) is 12.1 Å². The van der Waals surface area contributed by atoms with Gasteiger partial charge in [0.05, 0.1) is 16.0 Å². The van der Waals surface area contributed by atoms with Crippen LogP contribution in [-0.4, -0.2) is 29.2 Å². The quantitative estimate of drug-likeness (QED) is 0.378. The highest BCUT2D eigenvalue weighted by molar-refractivity contribution is 9.10. The Morgan fingerprint density at radius 2 is 1.87 bits per heavy atom. The second kappa shape index (κ2) is 10.4. The summed E-state index contributed by atoms with van der Waals surface area (Å²) in [6.45, 7) is 5.06. The molecule has 2 aromatic rings. The highest BCUT2D eigenvalue weighted by Crippen LogP contribution is 2.39. The van der Waals surface area contributed by atoms with Crippen molar-refractivity contribution in [3.63, 3.8) is 0 Å². The van der Waals surface area contributed by atoms with Gasteiger partial charge in [-0.25, -0.2) is 0 Å². The molecule has 2 amide bonds. The van der Waals surface area contributed by atoms with Crippen molar-refractivity contribution in [2.75, 3.05) is 13.2 Å². The molecular weight excluding hydrogens is 490 g/mol. The number of thioether (sulfide) groups is 1. The summed E-state index contributed by atoms with van der Waals surface area (Å²) in [6.07, 6.45) is 2.43. The van der Waals surface area contributed by atoms with Crippen molar-refractivity contribution in [3.05, 3.63) is 61.9 Å². The van der Waals surface area contributed by atoms with E-state index in [1.807, 2.05) is 44.2 Å². The summed E-state index contributed by atoms with van der Waals surface area (Å²) in [7, 11) is 0. The van der Waals surface area contributed by atoms with Crippen molar-refractivity contribution in [2.45, 2.75) is 26.9 Å². The van der Waals surface area contributed by atoms with Crippen molar-refractivity contribution in [3.8, 4) is 11.5 Å². The van der Waals surface area contributed by atoms with Crippen molar-refractivity contribution in [1.82, 2.24) is 4.90 Å². The van der Waals surface area contributed by atoms with Crippen LogP contribution in [0.25, 0.3) is 6.08 Å². The average molecular weight is 511 g/mol. The topological polar surface area (TPSA) is 55.8 Å². The number of imide groups is 1. The minimum Gasteiger partial charge on any atom is -0.490 e. The molecule has 0 radical (unpaired) electrons. The fraction of sp³-hybridized carbons (Fsp3) is 0.273. The van der Waals surface area contributed by atoms with Crippen LogP contribution in [-0.2, 0) is 11.4 Å². The molecule has 30 heavy (non-hydrogen) atoms. The highest BCUT2D eigenvalue weighted by Gasteiger charge is 2.34. The van der Waals surface area contributed by atoms with Gasteiger partial charge < -0.3 is 9.47 Å². The van der Waals surface area contributed by atoms with Gasteiger partial charge in [-0.3, -0.25) is 14.5 Å². The SMILES string of the molecule is CCCN1C(=O)S/C(=C/c2cc(Br)c(OCc3ccc(Cl)cc3)c(OCC)c2)C1=O. The Balaban J connectivity index is 1.85. The van der Waals surface area contributed by atoms with Crippen LogP contribution in [0.5, 0.6) is 11.5 Å². The van der Waals surface area contributed by atoms with Crippen molar-refractivity contribution in [2.24, 2.45) is 0 Å². The normalized spacial score (nSPS) is 15.2. The Morgan fingerprint density at radius 3 is 2.53 bits per heavy atom. The van der Waals surface area contributed by atoms with Gasteiger partial charge in [-0.2, -0.15) is 0 Å². The van der Waals surface area contributed by atoms with E-state index < -0.39 is 0 Å². The van der Waals surface area contributed by atoms with Crippen LogP contribution in [0.2, 0.25) is 5.02 Å². The minimum atomic E-state index is -0.260. The monoisotopic (exact) mass is 509 g/mol. The summed E-state index contributed by atoms with van der Waals surface area (Å²) < 4.78 is 12.4. The lowest BCUT2D eigenvalue weighted by molar-refractivity contribution is -0.122. The van der Waals surface area contributed by atoms with Gasteiger partial charge >= 0.3 is 0 Å². The molecule has 0 spiro atoms. The van der Waals surface area contributed by atoms with Gasteiger partial charge in [-0.15, -0.1) is 0 Å². The maximum Gasteiger partial charge on any atom is 0.293 e. The molecule has 158 valence electrons. The highest BCUT2D eigenvalue weighted by atomic mass is 79.9. The molecule has 0 saturated carbocycles. The van der Waals surface area contributed by atoms with Crippen molar-refractivity contribution < 1.29 is 19.1 Å². The van der Waals surface area contributed by atoms with Crippen molar-refractivity contribution in [1.29, 1.82) is 0 Å². The fourth-order valence-electron chi connectivity index (χ4n) is 2.88. The van der Waals surface area contributed by atoms with E-state index >= 15 is 0 Å². The van der Waals surface area contributed by atoms with Crippen molar-refractivity contribution >= 4 is 56.5 Å². The van der Waals surface area contributed by atoms with Crippen LogP contribution < -0.4 is 9.47 Å². The summed E-state index contributed by atoms with van der Waals surface area (Å²) in [5.74, 6) is 0.868. The van der Waals surface area contributed by atoms with Crippen LogP contribution in [0.1, 0.15) is 31.4 Å². The molecule has 2 aromatic carbocycles. The maximum absolute atomic E-state index is 12.5. The Hall–Kier alpha value is -1.96. The summed E-state index contributed by atoms with van der Waals surface area (Å²) in [5.41, 5.74) is 1.72. The zero-order valence-electron chi connectivity index (χ0n) is 16.6. The molecule has 0 bridgehead atoms. The fourth-order valence-corrected chi connectivity index (χ4v) is 4.44. The van der Waals surface area contributed by atoms with E-state index in [0.717, 1.165) is 29.3 Å². The number of rotatable bonds is 8. The molecule has 3 rings (SSSR count). The number of nitrogens with zero attached hydrogens (tertiary/aromatic N) is 1. The molecule has 0 atom stereocenters. The van der Waals surface area contributed by atoms with Gasteiger partial charge in [0.1, 0.15) is 6.61 Å². The second-order valence-electron chi connectivity index (χ2n) is 6.51. The Morgan fingerprint density at radius 1 is 1.13 bits per heavy atom. The number of carbonyl (C=O) groups is 2. The first kappa shape index (κ1) is 22.7. The van der Waals surface area contributed by atoms with Gasteiger partial charge in [0.15, 0.2) is 11.5 Å². The van der Waals surface area contributed by atoms with Crippen LogP contribution in [0.15, 0.2) is 45.8 Å². The largest absolute Gasteiger partial charge is 0.490 e. The molecule has 0 aromatic heterocycles.